The van der Waals surface area contributed by atoms with E-state index in [0.717, 1.165) is 24.2 Å². The number of urea groups is 1. The Morgan fingerprint density at radius 2 is 2.07 bits per heavy atom. The fraction of sp³-hybridized carbons (Fsp3) is 0.474. The van der Waals surface area contributed by atoms with E-state index in [4.69, 9.17) is 15.2 Å². The maximum atomic E-state index is 12.6. The molecule has 3 N–H and O–H groups in total. The quantitative estimate of drug-likeness (QED) is 0.808. The maximum absolute atomic E-state index is 12.6. The Labute approximate surface area is 159 Å². The van der Waals surface area contributed by atoms with E-state index in [0.29, 0.717) is 42.9 Å². The summed E-state index contributed by atoms with van der Waals surface area (Å²) in [6.07, 6.45) is 0.952. The molecule has 146 valence electrons. The number of anilines is 1. The van der Waals surface area contributed by atoms with Gasteiger partial charge in [0.2, 0.25) is 0 Å². The van der Waals surface area contributed by atoms with Crippen LogP contribution < -0.4 is 20.5 Å². The van der Waals surface area contributed by atoms with Crippen molar-refractivity contribution in [3.8, 4) is 11.5 Å². The Bertz CT molecular complexity index is 805. The van der Waals surface area contributed by atoms with Gasteiger partial charge in [-0.3, -0.25) is 5.32 Å². The predicted molar refractivity (Wildman–Crippen MR) is 103 cm³/mol. The van der Waals surface area contributed by atoms with E-state index in [1.54, 1.807) is 23.8 Å². The molecule has 1 saturated heterocycles. The van der Waals surface area contributed by atoms with Gasteiger partial charge in [0, 0.05) is 19.2 Å². The first-order valence-corrected chi connectivity index (χ1v) is 9.05. The van der Waals surface area contributed by atoms with Crippen LogP contribution in [-0.2, 0) is 6.54 Å². The second-order valence-electron chi connectivity index (χ2n) is 6.78. The molecule has 27 heavy (non-hydrogen) atoms. The summed E-state index contributed by atoms with van der Waals surface area (Å²) in [5, 5.41) is 7.49. The minimum absolute atomic E-state index is 0.112. The number of methoxy groups -OCH3 is 2. The van der Waals surface area contributed by atoms with Gasteiger partial charge in [0.25, 0.3) is 0 Å². The number of carbonyl (C=O) groups excluding carboxylic acids is 1. The van der Waals surface area contributed by atoms with Crippen molar-refractivity contribution in [2.75, 3.05) is 39.2 Å². The maximum Gasteiger partial charge on any atom is 0.323 e. The van der Waals surface area contributed by atoms with E-state index >= 15 is 0 Å². The summed E-state index contributed by atoms with van der Waals surface area (Å²) in [6.45, 7) is 4.46. The molecule has 0 aliphatic carbocycles. The zero-order chi connectivity index (χ0) is 19.4. The normalized spacial score (nSPS) is 16.4. The molecule has 3 rings (SSSR count). The second-order valence-corrected chi connectivity index (χ2v) is 6.78. The molecule has 1 aliphatic heterocycles. The first-order chi connectivity index (χ1) is 13.0. The first kappa shape index (κ1) is 19.0. The minimum Gasteiger partial charge on any atom is -0.493 e. The van der Waals surface area contributed by atoms with Gasteiger partial charge in [0.15, 0.2) is 11.5 Å². The van der Waals surface area contributed by atoms with Gasteiger partial charge < -0.3 is 20.1 Å². The van der Waals surface area contributed by atoms with Gasteiger partial charge in [-0.25, -0.2) is 9.48 Å². The summed E-state index contributed by atoms with van der Waals surface area (Å²) >= 11 is 0. The Hall–Kier alpha value is -2.74. The lowest BCUT2D eigenvalue weighted by atomic mass is 10.1. The lowest BCUT2D eigenvalue weighted by molar-refractivity contribution is 0.220. The van der Waals surface area contributed by atoms with E-state index in [9.17, 15) is 4.79 Å². The minimum atomic E-state index is -0.112. The molecule has 8 nitrogen and oxygen atoms in total. The Kier molecular flexibility index (Phi) is 5.85. The number of ether oxygens (including phenoxy) is 2. The van der Waals surface area contributed by atoms with Crippen molar-refractivity contribution in [2.24, 2.45) is 11.7 Å². The third-order valence-electron chi connectivity index (χ3n) is 4.82. The average molecular weight is 373 g/mol. The SMILES string of the molecule is COc1ccc(Cn2nc(C)cc2NC(=O)N2CCC(CN)C2)cc1OC. The number of nitrogens with two attached hydrogens (primary N) is 1. The van der Waals surface area contributed by atoms with Crippen LogP contribution in [0.1, 0.15) is 17.7 Å². The van der Waals surface area contributed by atoms with Crippen LogP contribution in [0, 0.1) is 12.8 Å². The van der Waals surface area contributed by atoms with Gasteiger partial charge in [0.05, 0.1) is 26.5 Å². The van der Waals surface area contributed by atoms with Crippen LogP contribution in [-0.4, -0.2) is 54.6 Å². The molecular formula is C19H27N5O3. The van der Waals surface area contributed by atoms with Gasteiger partial charge >= 0.3 is 6.03 Å². The summed E-state index contributed by atoms with van der Waals surface area (Å²) in [6, 6.07) is 7.48. The molecule has 1 aliphatic rings. The van der Waals surface area contributed by atoms with Crippen molar-refractivity contribution in [3.63, 3.8) is 0 Å². The van der Waals surface area contributed by atoms with Crippen molar-refractivity contribution < 1.29 is 14.3 Å². The number of amides is 2. The zero-order valence-corrected chi connectivity index (χ0v) is 16.1. The van der Waals surface area contributed by atoms with Crippen LogP contribution in [0.2, 0.25) is 0 Å². The van der Waals surface area contributed by atoms with Gasteiger partial charge in [-0.15, -0.1) is 0 Å². The number of benzene rings is 1. The molecule has 0 bridgehead atoms. The molecular weight excluding hydrogens is 346 g/mol. The molecule has 1 aromatic heterocycles. The molecule has 0 spiro atoms. The first-order valence-electron chi connectivity index (χ1n) is 9.05. The van der Waals surface area contributed by atoms with E-state index in [1.165, 1.54) is 0 Å². The third kappa shape index (κ3) is 4.33. The number of aryl methyl sites for hydroxylation is 1. The van der Waals surface area contributed by atoms with Crippen LogP contribution in [0.15, 0.2) is 24.3 Å². The standard InChI is InChI=1S/C19H27N5O3/c1-13-8-18(21-19(25)23-7-6-15(10-20)11-23)24(22-13)12-14-4-5-16(26-2)17(9-14)27-3/h4-5,8-9,15H,6-7,10-12,20H2,1-3H3,(H,21,25). The highest BCUT2D eigenvalue weighted by molar-refractivity contribution is 5.88. The number of aromatic nitrogens is 2. The van der Waals surface area contributed by atoms with Gasteiger partial charge in [0.1, 0.15) is 5.82 Å². The van der Waals surface area contributed by atoms with E-state index in [1.807, 2.05) is 31.2 Å². The van der Waals surface area contributed by atoms with Crippen molar-refractivity contribution in [3.05, 3.63) is 35.5 Å². The fourth-order valence-electron chi connectivity index (χ4n) is 3.32. The van der Waals surface area contributed by atoms with Crippen molar-refractivity contribution in [1.29, 1.82) is 0 Å². The smallest absolute Gasteiger partial charge is 0.323 e. The van der Waals surface area contributed by atoms with Crippen molar-refractivity contribution >= 4 is 11.8 Å². The highest BCUT2D eigenvalue weighted by Crippen LogP contribution is 2.28. The molecule has 1 atom stereocenters. The average Bonchev–Trinajstić information content (AvgIpc) is 3.28. The number of nitrogens with zero attached hydrogens (tertiary/aromatic N) is 3. The zero-order valence-electron chi connectivity index (χ0n) is 16.1. The third-order valence-corrected chi connectivity index (χ3v) is 4.82. The predicted octanol–water partition coefficient (Wildman–Crippen LogP) is 2.07. The van der Waals surface area contributed by atoms with Crippen LogP contribution in [0.3, 0.4) is 0 Å². The van der Waals surface area contributed by atoms with Crippen LogP contribution in [0.25, 0.3) is 0 Å². The highest BCUT2D eigenvalue weighted by Gasteiger charge is 2.26. The topological polar surface area (TPSA) is 94.6 Å². The Morgan fingerprint density at radius 1 is 1.30 bits per heavy atom. The molecule has 1 unspecified atom stereocenters. The molecule has 1 fully saturated rings. The number of carbonyl (C=O) groups is 1. The van der Waals surface area contributed by atoms with Crippen molar-refractivity contribution in [2.45, 2.75) is 19.9 Å². The van der Waals surface area contributed by atoms with E-state index in [-0.39, 0.29) is 6.03 Å². The summed E-state index contributed by atoms with van der Waals surface area (Å²) in [5.74, 6) is 2.39. The molecule has 0 saturated carbocycles. The fourth-order valence-corrected chi connectivity index (χ4v) is 3.32. The molecule has 2 aromatic rings. The van der Waals surface area contributed by atoms with E-state index < -0.39 is 0 Å². The largest absolute Gasteiger partial charge is 0.493 e. The summed E-state index contributed by atoms with van der Waals surface area (Å²) in [4.78, 5) is 14.4. The molecule has 8 heteroatoms. The van der Waals surface area contributed by atoms with Crippen LogP contribution in [0.5, 0.6) is 11.5 Å². The number of nitrogens with one attached hydrogen (secondary N) is 1. The van der Waals surface area contributed by atoms with Crippen LogP contribution in [0.4, 0.5) is 10.6 Å². The Morgan fingerprint density at radius 3 is 2.74 bits per heavy atom. The van der Waals surface area contributed by atoms with Crippen molar-refractivity contribution in [1.82, 2.24) is 14.7 Å². The molecule has 2 heterocycles. The summed E-state index contributed by atoms with van der Waals surface area (Å²) in [7, 11) is 3.21. The lowest BCUT2D eigenvalue weighted by Gasteiger charge is -2.18. The number of hydrogen-bond acceptors (Lipinski definition) is 5. The number of likely N-dealkylation sites (tertiary alicyclic amines) is 1. The number of rotatable bonds is 6. The van der Waals surface area contributed by atoms with Gasteiger partial charge in [-0.2, -0.15) is 5.10 Å². The highest BCUT2D eigenvalue weighted by atomic mass is 16.5. The molecule has 2 amide bonds. The second kappa shape index (κ2) is 8.30. The lowest BCUT2D eigenvalue weighted by Crippen LogP contribution is -2.34. The molecule has 0 radical (unpaired) electrons. The summed E-state index contributed by atoms with van der Waals surface area (Å²) in [5.41, 5.74) is 7.55. The molecule has 1 aromatic carbocycles. The number of hydrogen-bond donors (Lipinski definition) is 2. The monoisotopic (exact) mass is 373 g/mol. The van der Waals surface area contributed by atoms with E-state index in [2.05, 4.69) is 10.4 Å². The van der Waals surface area contributed by atoms with Crippen LogP contribution >= 0.6 is 0 Å². The van der Waals surface area contributed by atoms with Gasteiger partial charge in [-0.1, -0.05) is 6.07 Å². The van der Waals surface area contributed by atoms with Gasteiger partial charge in [-0.05, 0) is 43.5 Å². The summed E-state index contributed by atoms with van der Waals surface area (Å²) < 4.78 is 12.4. The Balaban J connectivity index is 1.73.